The number of allylic oxidation sites excluding steroid dienone is 1. The summed E-state index contributed by atoms with van der Waals surface area (Å²) in [4.78, 5) is 11.0. The largest absolute Gasteiger partial charge is 0.347 e. The molecule has 1 aliphatic carbocycles. The van der Waals surface area contributed by atoms with Crippen LogP contribution in [-0.2, 0) is 4.79 Å². The SMILES string of the molecule is CC(CF)NC(=O)C1=CCC1. The van der Waals surface area contributed by atoms with Crippen LogP contribution in [0, 0.1) is 0 Å². The quantitative estimate of drug-likeness (QED) is 0.654. The van der Waals surface area contributed by atoms with Gasteiger partial charge in [0.1, 0.15) is 6.67 Å². The highest BCUT2D eigenvalue weighted by atomic mass is 19.1. The van der Waals surface area contributed by atoms with Crippen molar-refractivity contribution < 1.29 is 9.18 Å². The standard InChI is InChI=1S/C8H12FNO/c1-6(5-9)10-8(11)7-3-2-4-7/h3,6H,2,4-5H2,1H3,(H,10,11). The zero-order valence-corrected chi connectivity index (χ0v) is 6.56. The van der Waals surface area contributed by atoms with Crippen molar-refractivity contribution >= 4 is 5.91 Å². The topological polar surface area (TPSA) is 29.1 Å². The Morgan fingerprint density at radius 2 is 2.55 bits per heavy atom. The lowest BCUT2D eigenvalue weighted by molar-refractivity contribution is -0.118. The number of carbonyl (C=O) groups excluding carboxylic acids is 1. The number of carbonyl (C=O) groups is 1. The molecule has 3 heteroatoms. The molecule has 0 saturated heterocycles. The van der Waals surface area contributed by atoms with Gasteiger partial charge in [-0.05, 0) is 19.8 Å². The normalized spacial score (nSPS) is 18.2. The second kappa shape index (κ2) is 3.51. The van der Waals surface area contributed by atoms with Crippen molar-refractivity contribution in [2.24, 2.45) is 0 Å². The molecule has 1 unspecified atom stereocenters. The third-order valence-electron chi connectivity index (χ3n) is 1.71. The van der Waals surface area contributed by atoms with E-state index in [1.54, 1.807) is 6.92 Å². The van der Waals surface area contributed by atoms with E-state index in [2.05, 4.69) is 5.32 Å². The summed E-state index contributed by atoms with van der Waals surface area (Å²) in [5, 5.41) is 2.55. The van der Waals surface area contributed by atoms with Gasteiger partial charge in [0.15, 0.2) is 0 Å². The van der Waals surface area contributed by atoms with E-state index in [1.165, 1.54) is 0 Å². The van der Waals surface area contributed by atoms with Crippen LogP contribution in [0.25, 0.3) is 0 Å². The van der Waals surface area contributed by atoms with Crippen molar-refractivity contribution in [3.63, 3.8) is 0 Å². The molecule has 0 aromatic carbocycles. The van der Waals surface area contributed by atoms with Crippen molar-refractivity contribution in [1.29, 1.82) is 0 Å². The van der Waals surface area contributed by atoms with Gasteiger partial charge in [-0.1, -0.05) is 6.08 Å². The maximum Gasteiger partial charge on any atom is 0.247 e. The van der Waals surface area contributed by atoms with E-state index in [-0.39, 0.29) is 11.9 Å². The molecular formula is C8H12FNO. The van der Waals surface area contributed by atoms with E-state index in [4.69, 9.17) is 0 Å². The van der Waals surface area contributed by atoms with Gasteiger partial charge in [-0.3, -0.25) is 4.79 Å². The Labute approximate surface area is 65.5 Å². The maximum atomic E-state index is 11.9. The summed E-state index contributed by atoms with van der Waals surface area (Å²) in [6.45, 7) is 1.15. The highest BCUT2D eigenvalue weighted by molar-refractivity contribution is 5.94. The first-order valence-corrected chi connectivity index (χ1v) is 3.80. The smallest absolute Gasteiger partial charge is 0.247 e. The van der Waals surface area contributed by atoms with E-state index in [0.29, 0.717) is 0 Å². The van der Waals surface area contributed by atoms with Gasteiger partial charge in [-0.15, -0.1) is 0 Å². The Morgan fingerprint density at radius 1 is 1.91 bits per heavy atom. The molecule has 1 amide bonds. The van der Waals surface area contributed by atoms with Gasteiger partial charge in [0.25, 0.3) is 0 Å². The monoisotopic (exact) mass is 157 g/mol. The average Bonchev–Trinajstić information content (AvgIpc) is 1.83. The van der Waals surface area contributed by atoms with Crippen LogP contribution in [-0.4, -0.2) is 18.6 Å². The van der Waals surface area contributed by atoms with Gasteiger partial charge in [-0.2, -0.15) is 0 Å². The molecule has 0 aliphatic heterocycles. The van der Waals surface area contributed by atoms with Crippen molar-refractivity contribution in [2.45, 2.75) is 25.8 Å². The Morgan fingerprint density at radius 3 is 2.91 bits per heavy atom. The van der Waals surface area contributed by atoms with Crippen LogP contribution < -0.4 is 5.32 Å². The average molecular weight is 157 g/mol. The van der Waals surface area contributed by atoms with Crippen LogP contribution in [0.1, 0.15) is 19.8 Å². The third kappa shape index (κ3) is 2.03. The van der Waals surface area contributed by atoms with Crippen LogP contribution >= 0.6 is 0 Å². The molecule has 62 valence electrons. The predicted molar refractivity (Wildman–Crippen MR) is 40.9 cm³/mol. The second-order valence-corrected chi connectivity index (χ2v) is 2.80. The van der Waals surface area contributed by atoms with Crippen molar-refractivity contribution in [3.8, 4) is 0 Å². The molecular weight excluding hydrogens is 145 g/mol. The van der Waals surface area contributed by atoms with E-state index in [1.807, 2.05) is 6.08 Å². The third-order valence-corrected chi connectivity index (χ3v) is 1.71. The second-order valence-electron chi connectivity index (χ2n) is 2.80. The molecule has 0 radical (unpaired) electrons. The Bertz CT molecular complexity index is 189. The first-order valence-electron chi connectivity index (χ1n) is 3.80. The summed E-state index contributed by atoms with van der Waals surface area (Å²) in [7, 11) is 0. The van der Waals surface area contributed by atoms with Gasteiger partial charge in [-0.25, -0.2) is 4.39 Å². The molecule has 2 nitrogen and oxygen atoms in total. The number of halogens is 1. The highest BCUT2D eigenvalue weighted by Gasteiger charge is 2.15. The molecule has 0 aromatic heterocycles. The van der Waals surface area contributed by atoms with Crippen LogP contribution in [0.15, 0.2) is 11.6 Å². The number of nitrogens with one attached hydrogen (secondary N) is 1. The fourth-order valence-electron chi connectivity index (χ4n) is 0.850. The molecule has 0 bridgehead atoms. The minimum atomic E-state index is -0.501. The van der Waals surface area contributed by atoms with Crippen molar-refractivity contribution in [1.82, 2.24) is 5.32 Å². The Hall–Kier alpha value is -0.860. The zero-order chi connectivity index (χ0) is 8.27. The summed E-state index contributed by atoms with van der Waals surface area (Å²) in [6, 6.07) is -0.357. The lowest BCUT2D eigenvalue weighted by atomic mass is 9.98. The summed E-state index contributed by atoms with van der Waals surface area (Å²) >= 11 is 0. The number of rotatable bonds is 3. The maximum absolute atomic E-state index is 11.9. The van der Waals surface area contributed by atoms with E-state index >= 15 is 0 Å². The fourth-order valence-corrected chi connectivity index (χ4v) is 0.850. The van der Waals surface area contributed by atoms with Crippen LogP contribution in [0.4, 0.5) is 4.39 Å². The van der Waals surface area contributed by atoms with E-state index < -0.39 is 6.67 Å². The van der Waals surface area contributed by atoms with E-state index in [9.17, 15) is 9.18 Å². The molecule has 0 aromatic rings. The van der Waals surface area contributed by atoms with Gasteiger partial charge in [0, 0.05) is 5.57 Å². The molecule has 0 fully saturated rings. The van der Waals surface area contributed by atoms with Crippen LogP contribution in [0.3, 0.4) is 0 Å². The molecule has 1 aliphatic rings. The molecule has 0 spiro atoms. The summed E-state index contributed by atoms with van der Waals surface area (Å²) in [6.07, 6.45) is 3.69. The lowest BCUT2D eigenvalue weighted by Gasteiger charge is -2.16. The van der Waals surface area contributed by atoms with Gasteiger partial charge in [0.2, 0.25) is 5.91 Å². The predicted octanol–water partition coefficient (Wildman–Crippen LogP) is 1.18. The molecule has 1 atom stereocenters. The lowest BCUT2D eigenvalue weighted by Crippen LogP contribution is -2.35. The van der Waals surface area contributed by atoms with Gasteiger partial charge in [0.05, 0.1) is 6.04 Å². The van der Waals surface area contributed by atoms with Crippen LogP contribution in [0.5, 0.6) is 0 Å². The minimum Gasteiger partial charge on any atom is -0.347 e. The molecule has 1 rings (SSSR count). The number of hydrogen-bond acceptors (Lipinski definition) is 1. The highest BCUT2D eigenvalue weighted by Crippen LogP contribution is 2.17. The first kappa shape index (κ1) is 8.24. The van der Waals surface area contributed by atoms with Gasteiger partial charge < -0.3 is 5.32 Å². The zero-order valence-electron chi connectivity index (χ0n) is 6.56. The minimum absolute atomic E-state index is 0.110. The number of amides is 1. The number of alkyl halides is 1. The van der Waals surface area contributed by atoms with E-state index in [0.717, 1.165) is 18.4 Å². The van der Waals surface area contributed by atoms with Crippen LogP contribution in [0.2, 0.25) is 0 Å². The number of hydrogen-bond donors (Lipinski definition) is 1. The van der Waals surface area contributed by atoms with Gasteiger partial charge >= 0.3 is 0 Å². The van der Waals surface area contributed by atoms with Crippen molar-refractivity contribution in [3.05, 3.63) is 11.6 Å². The summed E-state index contributed by atoms with van der Waals surface area (Å²) < 4.78 is 11.9. The Balaban J connectivity index is 2.31. The first-order chi connectivity index (χ1) is 5.24. The molecule has 0 heterocycles. The Kier molecular flexibility index (Phi) is 2.63. The molecule has 0 saturated carbocycles. The molecule has 1 N–H and O–H groups in total. The summed E-state index contributed by atoms with van der Waals surface area (Å²) in [5.74, 6) is -0.110. The van der Waals surface area contributed by atoms with Crippen molar-refractivity contribution in [2.75, 3.05) is 6.67 Å². The molecule has 11 heavy (non-hydrogen) atoms. The summed E-state index contributed by atoms with van der Waals surface area (Å²) in [5.41, 5.74) is 0.797. The fraction of sp³-hybridized carbons (Fsp3) is 0.625.